The Labute approximate surface area is 132 Å². The fourth-order valence-corrected chi connectivity index (χ4v) is 2.66. The summed E-state index contributed by atoms with van der Waals surface area (Å²) >= 11 is 0. The van der Waals surface area contributed by atoms with E-state index in [-0.39, 0.29) is 18.5 Å². The summed E-state index contributed by atoms with van der Waals surface area (Å²) in [6.45, 7) is 1.60. The second-order valence-corrected chi connectivity index (χ2v) is 7.36. The summed E-state index contributed by atoms with van der Waals surface area (Å²) in [5.41, 5.74) is 0.910. The predicted molar refractivity (Wildman–Crippen MR) is 84.8 cm³/mol. The van der Waals surface area contributed by atoms with Gasteiger partial charge in [0.15, 0.2) is 0 Å². The molecule has 22 heavy (non-hydrogen) atoms. The Morgan fingerprint density at radius 3 is 2.23 bits per heavy atom. The maximum absolute atomic E-state index is 12.0. The Morgan fingerprint density at radius 1 is 1.23 bits per heavy atom. The molecule has 1 atom stereocenters. The summed E-state index contributed by atoms with van der Waals surface area (Å²) in [4.78, 5) is 12.0. The van der Waals surface area contributed by atoms with Crippen LogP contribution in [0.2, 0.25) is 0 Å². The van der Waals surface area contributed by atoms with E-state index < -0.39 is 10.2 Å². The Morgan fingerprint density at radius 2 is 1.77 bits per heavy atom. The molecule has 0 radical (unpaired) electrons. The molecule has 8 heteroatoms. The number of nitrogens with zero attached hydrogens (tertiary/aromatic N) is 2. The second-order valence-electron chi connectivity index (χ2n) is 5.11. The van der Waals surface area contributed by atoms with Crippen LogP contribution in [-0.2, 0) is 15.0 Å². The summed E-state index contributed by atoms with van der Waals surface area (Å²) in [6.07, 6.45) is 0. The van der Waals surface area contributed by atoms with Gasteiger partial charge in [-0.05, 0) is 24.6 Å². The van der Waals surface area contributed by atoms with E-state index >= 15 is 0 Å². The zero-order valence-electron chi connectivity index (χ0n) is 13.5. The van der Waals surface area contributed by atoms with Crippen LogP contribution in [0.3, 0.4) is 0 Å². The number of carbonyl (C=O) groups is 1. The third kappa shape index (κ3) is 4.69. The molecule has 0 aromatic heterocycles. The van der Waals surface area contributed by atoms with Crippen LogP contribution >= 0.6 is 0 Å². The average molecular weight is 329 g/mol. The normalized spacial score (nSPS) is 13.2. The molecule has 1 rings (SSSR count). The van der Waals surface area contributed by atoms with Crippen LogP contribution in [0.5, 0.6) is 5.75 Å². The molecule has 0 spiro atoms. The zero-order chi connectivity index (χ0) is 16.9. The third-order valence-electron chi connectivity index (χ3n) is 3.21. The Balaban J connectivity index is 2.64. The fraction of sp³-hybridized carbons (Fsp3) is 0.500. The van der Waals surface area contributed by atoms with Crippen molar-refractivity contribution in [3.8, 4) is 5.75 Å². The standard InChI is InChI=1S/C14H23N3O4S/c1-11(12-6-8-13(21-5)9-7-12)15-14(18)10-17(4)22(19,20)16(2)3/h6-9,11H,10H2,1-5H3,(H,15,18). The molecular weight excluding hydrogens is 306 g/mol. The first-order valence-corrected chi connectivity index (χ1v) is 8.15. The number of rotatable bonds is 7. The summed E-state index contributed by atoms with van der Waals surface area (Å²) in [5, 5.41) is 2.77. The highest BCUT2D eigenvalue weighted by molar-refractivity contribution is 7.86. The van der Waals surface area contributed by atoms with E-state index in [0.29, 0.717) is 0 Å². The van der Waals surface area contributed by atoms with Gasteiger partial charge in [-0.1, -0.05) is 12.1 Å². The van der Waals surface area contributed by atoms with Crippen LogP contribution in [0.4, 0.5) is 0 Å². The fourth-order valence-electron chi connectivity index (χ4n) is 1.83. The molecule has 0 saturated heterocycles. The van der Waals surface area contributed by atoms with Crippen molar-refractivity contribution in [1.29, 1.82) is 0 Å². The van der Waals surface area contributed by atoms with E-state index in [1.165, 1.54) is 21.1 Å². The van der Waals surface area contributed by atoms with Crippen molar-refractivity contribution in [3.05, 3.63) is 29.8 Å². The molecule has 1 N–H and O–H groups in total. The molecule has 0 heterocycles. The molecule has 1 aromatic carbocycles. The molecule has 0 aliphatic carbocycles. The van der Waals surface area contributed by atoms with E-state index in [1.54, 1.807) is 19.2 Å². The van der Waals surface area contributed by atoms with Crippen LogP contribution in [0.25, 0.3) is 0 Å². The van der Waals surface area contributed by atoms with Gasteiger partial charge in [0.05, 0.1) is 19.7 Å². The summed E-state index contributed by atoms with van der Waals surface area (Å²) < 4.78 is 30.8. The minimum Gasteiger partial charge on any atom is -0.497 e. The molecule has 1 aromatic rings. The first kappa shape index (κ1) is 18.4. The largest absolute Gasteiger partial charge is 0.497 e. The van der Waals surface area contributed by atoms with Crippen molar-refractivity contribution >= 4 is 16.1 Å². The molecule has 0 bridgehead atoms. The molecule has 0 aliphatic heterocycles. The highest BCUT2D eigenvalue weighted by atomic mass is 32.2. The molecule has 0 fully saturated rings. The van der Waals surface area contributed by atoms with Gasteiger partial charge < -0.3 is 10.1 Å². The highest BCUT2D eigenvalue weighted by Crippen LogP contribution is 2.17. The van der Waals surface area contributed by atoms with Gasteiger partial charge >= 0.3 is 0 Å². The van der Waals surface area contributed by atoms with Crippen LogP contribution in [0.1, 0.15) is 18.5 Å². The lowest BCUT2D eigenvalue weighted by Crippen LogP contribution is -2.43. The zero-order valence-corrected chi connectivity index (χ0v) is 14.3. The Hall–Kier alpha value is -1.64. The average Bonchev–Trinajstić information content (AvgIpc) is 2.46. The molecule has 7 nitrogen and oxygen atoms in total. The second kappa shape index (κ2) is 7.57. The van der Waals surface area contributed by atoms with Crippen molar-refractivity contribution in [1.82, 2.24) is 13.9 Å². The molecule has 0 saturated carbocycles. The highest BCUT2D eigenvalue weighted by Gasteiger charge is 2.23. The molecule has 124 valence electrons. The minimum absolute atomic E-state index is 0.228. The molecule has 1 amide bonds. The molecule has 1 unspecified atom stereocenters. The minimum atomic E-state index is -3.59. The van der Waals surface area contributed by atoms with Gasteiger partial charge in [-0.2, -0.15) is 17.0 Å². The van der Waals surface area contributed by atoms with Gasteiger partial charge in [0.25, 0.3) is 10.2 Å². The number of nitrogens with one attached hydrogen (secondary N) is 1. The monoisotopic (exact) mass is 329 g/mol. The van der Waals surface area contributed by atoms with Crippen molar-refractivity contribution in [2.45, 2.75) is 13.0 Å². The number of likely N-dealkylation sites (N-methyl/N-ethyl adjacent to an activating group) is 1. The Bertz CT molecular complexity index is 599. The predicted octanol–water partition coefficient (Wildman–Crippen LogP) is 0.611. The molecular formula is C14H23N3O4S. The first-order chi connectivity index (χ1) is 10.2. The van der Waals surface area contributed by atoms with Crippen molar-refractivity contribution < 1.29 is 17.9 Å². The lowest BCUT2D eigenvalue weighted by molar-refractivity contribution is -0.121. The number of ether oxygens (including phenoxy) is 1. The smallest absolute Gasteiger partial charge is 0.281 e. The third-order valence-corrected chi connectivity index (χ3v) is 5.05. The Kier molecular flexibility index (Phi) is 6.34. The summed E-state index contributed by atoms with van der Waals surface area (Å²) in [5.74, 6) is 0.371. The SMILES string of the molecule is COc1ccc(C(C)NC(=O)CN(C)S(=O)(=O)N(C)C)cc1. The number of hydrogen-bond acceptors (Lipinski definition) is 4. The quantitative estimate of drug-likeness (QED) is 0.795. The van der Waals surface area contributed by atoms with Gasteiger partial charge in [-0.15, -0.1) is 0 Å². The molecule has 0 aliphatic rings. The van der Waals surface area contributed by atoms with E-state index in [0.717, 1.165) is 19.9 Å². The number of methoxy groups -OCH3 is 1. The van der Waals surface area contributed by atoms with Crippen LogP contribution in [-0.4, -0.2) is 57.7 Å². The van der Waals surface area contributed by atoms with Crippen molar-refractivity contribution in [2.24, 2.45) is 0 Å². The topological polar surface area (TPSA) is 79.0 Å². The maximum atomic E-state index is 12.0. The van der Waals surface area contributed by atoms with Gasteiger partial charge in [-0.3, -0.25) is 4.79 Å². The van der Waals surface area contributed by atoms with Gasteiger partial charge in [0, 0.05) is 21.1 Å². The lowest BCUT2D eigenvalue weighted by Gasteiger charge is -2.22. The van der Waals surface area contributed by atoms with E-state index in [9.17, 15) is 13.2 Å². The van der Waals surface area contributed by atoms with Crippen LogP contribution in [0, 0.1) is 0 Å². The van der Waals surface area contributed by atoms with E-state index in [1.807, 2.05) is 19.1 Å². The number of carbonyl (C=O) groups excluding carboxylic acids is 1. The van der Waals surface area contributed by atoms with Crippen LogP contribution < -0.4 is 10.1 Å². The summed E-state index contributed by atoms with van der Waals surface area (Å²) in [6, 6.07) is 7.09. The van der Waals surface area contributed by atoms with Gasteiger partial charge in [0.1, 0.15) is 5.75 Å². The maximum Gasteiger partial charge on any atom is 0.281 e. The van der Waals surface area contributed by atoms with Crippen molar-refractivity contribution in [2.75, 3.05) is 34.8 Å². The van der Waals surface area contributed by atoms with Crippen molar-refractivity contribution in [3.63, 3.8) is 0 Å². The number of hydrogen-bond donors (Lipinski definition) is 1. The first-order valence-electron chi connectivity index (χ1n) is 6.75. The van der Waals surface area contributed by atoms with Gasteiger partial charge in [-0.25, -0.2) is 0 Å². The number of amides is 1. The number of benzene rings is 1. The van der Waals surface area contributed by atoms with Crippen LogP contribution in [0.15, 0.2) is 24.3 Å². The van der Waals surface area contributed by atoms with E-state index in [4.69, 9.17) is 4.74 Å². The lowest BCUT2D eigenvalue weighted by atomic mass is 10.1. The van der Waals surface area contributed by atoms with E-state index in [2.05, 4.69) is 5.32 Å². The summed E-state index contributed by atoms with van der Waals surface area (Å²) in [7, 11) is 2.20. The van der Waals surface area contributed by atoms with Gasteiger partial charge in [0.2, 0.25) is 5.91 Å².